The third kappa shape index (κ3) is 4.09. The van der Waals surface area contributed by atoms with Crippen molar-refractivity contribution < 1.29 is 43.9 Å². The molecule has 4 aliphatic rings. The largest absolute Gasteiger partial charge is 0.463 e. The van der Waals surface area contributed by atoms with E-state index in [0.717, 1.165) is 18.4 Å². The molecule has 4 fully saturated rings. The van der Waals surface area contributed by atoms with Crippen LogP contribution in [0.15, 0.2) is 12.2 Å². The zero-order valence-electron chi connectivity index (χ0n) is 18.8. The van der Waals surface area contributed by atoms with E-state index in [1.807, 2.05) is 13.8 Å². The summed E-state index contributed by atoms with van der Waals surface area (Å²) in [6.07, 6.45) is -3.87. The second-order valence-corrected chi connectivity index (χ2v) is 10.0. The van der Waals surface area contributed by atoms with Crippen LogP contribution >= 0.6 is 0 Å². The van der Waals surface area contributed by atoms with Gasteiger partial charge in [0.1, 0.15) is 37.1 Å². The summed E-state index contributed by atoms with van der Waals surface area (Å²) in [4.78, 5) is 23.3. The summed E-state index contributed by atoms with van der Waals surface area (Å²) in [5.74, 6) is -0.616. The summed E-state index contributed by atoms with van der Waals surface area (Å²) in [6, 6.07) is 0. The Labute approximate surface area is 187 Å². The predicted octanol–water partition coefficient (Wildman–Crippen LogP) is 0.686. The number of aliphatic hydroxyl groups excluding tert-OH is 3. The maximum absolute atomic E-state index is 12.2. The monoisotopic (exact) mass is 454 g/mol. The fourth-order valence-electron chi connectivity index (χ4n) is 6.01. The van der Waals surface area contributed by atoms with Crippen molar-refractivity contribution in [2.24, 2.45) is 23.7 Å². The predicted molar refractivity (Wildman–Crippen MR) is 110 cm³/mol. The molecule has 3 N–H and O–H groups in total. The molecule has 0 spiro atoms. The molecule has 11 atom stereocenters. The lowest BCUT2D eigenvalue weighted by atomic mass is 9.77. The average Bonchev–Trinajstić information content (AvgIpc) is 3.13. The van der Waals surface area contributed by atoms with Crippen LogP contribution in [0.1, 0.15) is 46.5 Å². The van der Waals surface area contributed by atoms with Crippen molar-refractivity contribution in [1.82, 2.24) is 0 Å². The number of carbonyl (C=O) groups is 2. The highest BCUT2D eigenvalue weighted by Gasteiger charge is 2.56. The Hall–Kier alpha value is -1.52. The molecule has 0 radical (unpaired) electrons. The second-order valence-electron chi connectivity index (χ2n) is 10.0. The second kappa shape index (κ2) is 8.68. The lowest BCUT2D eigenvalue weighted by molar-refractivity contribution is -0.330. The van der Waals surface area contributed by atoms with Gasteiger partial charge in [0.25, 0.3) is 0 Å². The molecular weight excluding hydrogens is 420 g/mol. The van der Waals surface area contributed by atoms with E-state index in [4.69, 9.17) is 18.9 Å². The van der Waals surface area contributed by atoms with Gasteiger partial charge in [-0.1, -0.05) is 19.1 Å². The van der Waals surface area contributed by atoms with Gasteiger partial charge in [0, 0.05) is 19.3 Å². The molecule has 180 valence electrons. The number of fused-ring (bicyclic) bond motifs is 2. The molecule has 0 unspecified atom stereocenters. The highest BCUT2D eigenvalue weighted by Crippen LogP contribution is 2.55. The number of esters is 2. The van der Waals surface area contributed by atoms with Crippen LogP contribution in [-0.2, 0) is 28.5 Å². The first-order valence-electron chi connectivity index (χ1n) is 11.4. The molecule has 0 aromatic carbocycles. The van der Waals surface area contributed by atoms with E-state index in [0.29, 0.717) is 12.8 Å². The minimum absolute atomic E-state index is 0.0358. The number of hydrogen-bond donors (Lipinski definition) is 3. The Morgan fingerprint density at radius 1 is 1.25 bits per heavy atom. The van der Waals surface area contributed by atoms with Gasteiger partial charge in [0.05, 0.1) is 11.5 Å². The van der Waals surface area contributed by atoms with Crippen molar-refractivity contribution in [2.75, 3.05) is 6.61 Å². The van der Waals surface area contributed by atoms with Crippen molar-refractivity contribution >= 4 is 11.9 Å². The highest BCUT2D eigenvalue weighted by atomic mass is 16.7. The van der Waals surface area contributed by atoms with Crippen LogP contribution in [0.3, 0.4) is 0 Å². The Morgan fingerprint density at radius 3 is 2.66 bits per heavy atom. The summed E-state index contributed by atoms with van der Waals surface area (Å²) in [6.45, 7) is 9.11. The van der Waals surface area contributed by atoms with Crippen LogP contribution in [0.4, 0.5) is 0 Å². The van der Waals surface area contributed by atoms with Crippen LogP contribution in [0, 0.1) is 23.7 Å². The molecule has 4 rings (SSSR count). The van der Waals surface area contributed by atoms with Crippen molar-refractivity contribution in [1.29, 1.82) is 0 Å². The first-order valence-corrected chi connectivity index (χ1v) is 11.4. The van der Waals surface area contributed by atoms with Crippen LogP contribution in [0.5, 0.6) is 0 Å². The van der Waals surface area contributed by atoms with Crippen LogP contribution in [-0.4, -0.2) is 76.3 Å². The van der Waals surface area contributed by atoms with Gasteiger partial charge >= 0.3 is 11.9 Å². The zero-order chi connectivity index (χ0) is 23.4. The first-order chi connectivity index (χ1) is 15.0. The molecule has 2 heterocycles. The van der Waals surface area contributed by atoms with Gasteiger partial charge in [0.15, 0.2) is 6.29 Å². The molecule has 0 aromatic rings. The summed E-state index contributed by atoms with van der Waals surface area (Å²) in [5, 5.41) is 31.1. The maximum Gasteiger partial charge on any atom is 0.309 e. The van der Waals surface area contributed by atoms with Gasteiger partial charge in [-0.15, -0.1) is 0 Å². The summed E-state index contributed by atoms with van der Waals surface area (Å²) >= 11 is 0. The van der Waals surface area contributed by atoms with E-state index < -0.39 is 42.3 Å². The summed E-state index contributed by atoms with van der Waals surface area (Å²) in [5.41, 5.74) is 0.345. The fraction of sp³-hybridized carbons (Fsp3) is 0.826. The molecule has 9 heteroatoms. The standard InChI is InChI=1S/C23H34O9/c1-10-7-16-14(11(2)21(28)30-16)8-15-13(10)5-6-23(15,4)32-22-20(27)19(26)18(25)17(31-22)9-29-12(3)24/h11,13-20,22,25-27H,1,5-9H2,2-4H3/t11-,13+,14-,15+,16+,17+,18+,19-,20+,22-,23+/m0/s1. The molecule has 2 aliphatic heterocycles. The lowest BCUT2D eigenvalue weighted by Crippen LogP contribution is -2.61. The Balaban J connectivity index is 1.53. The number of aliphatic hydroxyl groups is 3. The van der Waals surface area contributed by atoms with Gasteiger partial charge < -0.3 is 34.3 Å². The van der Waals surface area contributed by atoms with Crippen molar-refractivity contribution in [3.63, 3.8) is 0 Å². The SMILES string of the molecule is C=C1C[C@H]2OC(=O)[C@@H](C)[C@@H]2C[C@@H]2[C@@H]1CC[C@@]2(C)O[C@@H]1O[C@H](COC(C)=O)[C@@H](O)[C@H](O)[C@H]1O. The molecule has 2 saturated heterocycles. The Kier molecular flexibility index (Phi) is 6.41. The minimum Gasteiger partial charge on any atom is -0.463 e. The molecule has 9 nitrogen and oxygen atoms in total. The van der Waals surface area contributed by atoms with Gasteiger partial charge in [-0.3, -0.25) is 9.59 Å². The maximum atomic E-state index is 12.2. The van der Waals surface area contributed by atoms with Gasteiger partial charge in [-0.05, 0) is 38.0 Å². The first kappa shape index (κ1) is 23.6. The number of ether oxygens (including phenoxy) is 4. The van der Waals surface area contributed by atoms with E-state index >= 15 is 0 Å². The van der Waals surface area contributed by atoms with Crippen molar-refractivity contribution in [2.45, 2.75) is 88.9 Å². The molecule has 2 saturated carbocycles. The zero-order valence-corrected chi connectivity index (χ0v) is 18.8. The smallest absolute Gasteiger partial charge is 0.309 e. The minimum atomic E-state index is -1.51. The molecule has 0 bridgehead atoms. The van der Waals surface area contributed by atoms with Gasteiger partial charge in [-0.2, -0.15) is 0 Å². The number of carbonyl (C=O) groups excluding carboxylic acids is 2. The van der Waals surface area contributed by atoms with Crippen LogP contribution in [0.25, 0.3) is 0 Å². The van der Waals surface area contributed by atoms with Crippen LogP contribution in [0.2, 0.25) is 0 Å². The molecule has 0 amide bonds. The van der Waals surface area contributed by atoms with E-state index in [9.17, 15) is 24.9 Å². The quantitative estimate of drug-likeness (QED) is 0.414. The van der Waals surface area contributed by atoms with E-state index in [-0.39, 0.29) is 42.4 Å². The van der Waals surface area contributed by atoms with E-state index in [2.05, 4.69) is 6.58 Å². The van der Waals surface area contributed by atoms with Crippen molar-refractivity contribution in [3.8, 4) is 0 Å². The van der Waals surface area contributed by atoms with Crippen molar-refractivity contribution in [3.05, 3.63) is 12.2 Å². The third-order valence-corrected chi connectivity index (χ3v) is 8.00. The highest BCUT2D eigenvalue weighted by molar-refractivity contribution is 5.75. The number of rotatable bonds is 4. The van der Waals surface area contributed by atoms with E-state index in [1.54, 1.807) is 0 Å². The lowest BCUT2D eigenvalue weighted by Gasteiger charge is -2.45. The van der Waals surface area contributed by atoms with Gasteiger partial charge in [-0.25, -0.2) is 0 Å². The normalized spacial score (nSPS) is 48.6. The van der Waals surface area contributed by atoms with Crippen LogP contribution < -0.4 is 0 Å². The van der Waals surface area contributed by atoms with E-state index in [1.165, 1.54) is 6.92 Å². The Morgan fingerprint density at radius 2 is 1.97 bits per heavy atom. The number of hydrogen-bond acceptors (Lipinski definition) is 9. The summed E-state index contributed by atoms with van der Waals surface area (Å²) in [7, 11) is 0. The molecular formula is C23H34O9. The Bertz CT molecular complexity index is 769. The topological polar surface area (TPSA) is 132 Å². The average molecular weight is 455 g/mol. The fourth-order valence-corrected chi connectivity index (χ4v) is 6.01. The molecule has 0 aromatic heterocycles. The van der Waals surface area contributed by atoms with Gasteiger partial charge in [0.2, 0.25) is 0 Å². The molecule has 2 aliphatic carbocycles. The molecule has 32 heavy (non-hydrogen) atoms. The third-order valence-electron chi connectivity index (χ3n) is 8.00. The summed E-state index contributed by atoms with van der Waals surface area (Å²) < 4.78 is 22.6.